The van der Waals surface area contributed by atoms with Crippen LogP contribution in [0, 0.1) is 0 Å². The first-order chi connectivity index (χ1) is 6.79. The summed E-state index contributed by atoms with van der Waals surface area (Å²) in [6.07, 6.45) is 4.40. The van der Waals surface area contributed by atoms with Gasteiger partial charge in [-0.15, -0.1) is 6.58 Å². The summed E-state index contributed by atoms with van der Waals surface area (Å²) >= 11 is 3.44. The van der Waals surface area contributed by atoms with Crippen molar-refractivity contribution in [3.63, 3.8) is 0 Å². The van der Waals surface area contributed by atoms with Crippen LogP contribution in [0.3, 0.4) is 0 Å². The van der Waals surface area contributed by atoms with E-state index in [1.54, 1.807) is 0 Å². The first-order valence-corrected chi connectivity index (χ1v) is 5.73. The van der Waals surface area contributed by atoms with Gasteiger partial charge >= 0.3 is 0 Å². The molecule has 0 radical (unpaired) electrons. The van der Waals surface area contributed by atoms with E-state index in [1.807, 2.05) is 6.08 Å². The summed E-state index contributed by atoms with van der Waals surface area (Å²) in [6, 6.07) is 9.53. The maximum absolute atomic E-state index is 3.81. The molecule has 2 rings (SSSR count). The third kappa shape index (κ3) is 2.07. The van der Waals surface area contributed by atoms with Crippen LogP contribution in [0.1, 0.15) is 24.4 Å². The lowest BCUT2D eigenvalue weighted by Gasteiger charge is -2.12. The minimum atomic E-state index is 0.489. The second-order valence-electron chi connectivity index (χ2n) is 3.69. The van der Waals surface area contributed by atoms with Crippen molar-refractivity contribution in [1.82, 2.24) is 5.32 Å². The Morgan fingerprint density at radius 2 is 2.00 bits per heavy atom. The molecule has 74 valence electrons. The Kier molecular flexibility index (Phi) is 3.04. The number of rotatable bonds is 2. The number of nitrogens with one attached hydrogen (secondary N) is 1. The van der Waals surface area contributed by atoms with Crippen LogP contribution in [0.15, 0.2) is 41.4 Å². The SMILES string of the molecule is C=C[C@H]1CC[C@@H](c2ccc(Br)cc2)N1. The van der Waals surface area contributed by atoms with Gasteiger partial charge in [0.15, 0.2) is 0 Å². The Morgan fingerprint density at radius 1 is 1.29 bits per heavy atom. The summed E-state index contributed by atoms with van der Waals surface area (Å²) in [5.74, 6) is 0. The molecule has 1 aromatic rings. The van der Waals surface area contributed by atoms with Gasteiger partial charge in [-0.1, -0.05) is 34.1 Å². The van der Waals surface area contributed by atoms with Crippen LogP contribution in [0.4, 0.5) is 0 Å². The van der Waals surface area contributed by atoms with Crippen LogP contribution in [-0.4, -0.2) is 6.04 Å². The molecule has 1 nitrogen and oxygen atoms in total. The van der Waals surface area contributed by atoms with Crippen molar-refractivity contribution in [2.75, 3.05) is 0 Å². The fraction of sp³-hybridized carbons (Fsp3) is 0.333. The van der Waals surface area contributed by atoms with Gasteiger partial charge in [0.25, 0.3) is 0 Å². The van der Waals surface area contributed by atoms with Gasteiger partial charge in [-0.05, 0) is 30.5 Å². The topological polar surface area (TPSA) is 12.0 Å². The Bertz CT molecular complexity index is 318. The summed E-state index contributed by atoms with van der Waals surface area (Å²) in [6.45, 7) is 3.81. The van der Waals surface area contributed by atoms with E-state index in [2.05, 4.69) is 52.1 Å². The zero-order valence-corrected chi connectivity index (χ0v) is 9.63. The van der Waals surface area contributed by atoms with Crippen molar-refractivity contribution in [3.8, 4) is 0 Å². The van der Waals surface area contributed by atoms with Crippen LogP contribution >= 0.6 is 15.9 Å². The highest BCUT2D eigenvalue weighted by atomic mass is 79.9. The second-order valence-corrected chi connectivity index (χ2v) is 4.61. The van der Waals surface area contributed by atoms with Gasteiger partial charge < -0.3 is 5.32 Å². The van der Waals surface area contributed by atoms with Crippen molar-refractivity contribution < 1.29 is 0 Å². The normalized spacial score (nSPS) is 26.4. The van der Waals surface area contributed by atoms with Gasteiger partial charge in [0, 0.05) is 16.6 Å². The molecule has 0 unspecified atom stereocenters. The summed E-state index contributed by atoms with van der Waals surface area (Å²) in [4.78, 5) is 0. The third-order valence-corrected chi connectivity index (χ3v) is 3.27. The van der Waals surface area contributed by atoms with Crippen molar-refractivity contribution in [2.45, 2.75) is 24.9 Å². The van der Waals surface area contributed by atoms with Gasteiger partial charge in [0.1, 0.15) is 0 Å². The number of halogens is 1. The van der Waals surface area contributed by atoms with Gasteiger partial charge in [0.05, 0.1) is 0 Å². The smallest absolute Gasteiger partial charge is 0.0326 e. The Labute approximate surface area is 93.3 Å². The van der Waals surface area contributed by atoms with Gasteiger partial charge in [0.2, 0.25) is 0 Å². The molecule has 2 heteroatoms. The number of hydrogen-bond donors (Lipinski definition) is 1. The van der Waals surface area contributed by atoms with Crippen LogP contribution in [0.2, 0.25) is 0 Å². The lowest BCUT2D eigenvalue weighted by molar-refractivity contribution is 0.613. The van der Waals surface area contributed by atoms with Gasteiger partial charge in [-0.3, -0.25) is 0 Å². The predicted octanol–water partition coefficient (Wildman–Crippen LogP) is 3.43. The van der Waals surface area contributed by atoms with Crippen LogP contribution in [0.5, 0.6) is 0 Å². The van der Waals surface area contributed by atoms with E-state index in [0.29, 0.717) is 12.1 Å². The Morgan fingerprint density at radius 3 is 2.57 bits per heavy atom. The lowest BCUT2D eigenvalue weighted by atomic mass is 10.1. The quantitative estimate of drug-likeness (QED) is 0.795. The highest BCUT2D eigenvalue weighted by Crippen LogP contribution is 2.27. The molecule has 1 aromatic carbocycles. The van der Waals surface area contributed by atoms with Crippen molar-refractivity contribution in [3.05, 3.63) is 47.0 Å². The summed E-state index contributed by atoms with van der Waals surface area (Å²) in [7, 11) is 0. The van der Waals surface area contributed by atoms with Crippen molar-refractivity contribution >= 4 is 15.9 Å². The molecule has 0 bridgehead atoms. The molecule has 1 saturated heterocycles. The van der Waals surface area contributed by atoms with Crippen molar-refractivity contribution in [1.29, 1.82) is 0 Å². The van der Waals surface area contributed by atoms with E-state index in [4.69, 9.17) is 0 Å². The largest absolute Gasteiger partial charge is 0.304 e. The highest BCUT2D eigenvalue weighted by Gasteiger charge is 2.22. The molecule has 1 aliphatic heterocycles. The maximum Gasteiger partial charge on any atom is 0.0326 e. The summed E-state index contributed by atoms with van der Waals surface area (Å²) < 4.78 is 1.14. The fourth-order valence-electron chi connectivity index (χ4n) is 1.92. The van der Waals surface area contributed by atoms with Crippen LogP contribution in [-0.2, 0) is 0 Å². The molecule has 1 fully saturated rings. The van der Waals surface area contributed by atoms with Crippen LogP contribution < -0.4 is 5.32 Å². The van der Waals surface area contributed by atoms with E-state index in [9.17, 15) is 0 Å². The molecule has 0 aliphatic carbocycles. The first-order valence-electron chi connectivity index (χ1n) is 4.93. The van der Waals surface area contributed by atoms with E-state index in [0.717, 1.165) is 4.47 Å². The van der Waals surface area contributed by atoms with Crippen LogP contribution in [0.25, 0.3) is 0 Å². The summed E-state index contributed by atoms with van der Waals surface area (Å²) in [5, 5.41) is 3.54. The number of benzene rings is 1. The molecule has 0 saturated carbocycles. The van der Waals surface area contributed by atoms with E-state index in [1.165, 1.54) is 18.4 Å². The molecular formula is C12H14BrN. The molecular weight excluding hydrogens is 238 g/mol. The molecule has 0 aromatic heterocycles. The second kappa shape index (κ2) is 4.28. The predicted molar refractivity (Wildman–Crippen MR) is 63.2 cm³/mol. The van der Waals surface area contributed by atoms with E-state index < -0.39 is 0 Å². The minimum absolute atomic E-state index is 0.489. The maximum atomic E-state index is 3.81. The molecule has 14 heavy (non-hydrogen) atoms. The van der Waals surface area contributed by atoms with Crippen molar-refractivity contribution in [2.24, 2.45) is 0 Å². The first kappa shape index (κ1) is 9.94. The molecule has 1 N–H and O–H groups in total. The molecule has 2 atom stereocenters. The average Bonchev–Trinajstić information content (AvgIpc) is 2.67. The van der Waals surface area contributed by atoms with E-state index in [-0.39, 0.29) is 0 Å². The molecule has 1 aliphatic rings. The average molecular weight is 252 g/mol. The fourth-order valence-corrected chi connectivity index (χ4v) is 2.18. The number of hydrogen-bond acceptors (Lipinski definition) is 1. The monoisotopic (exact) mass is 251 g/mol. The Balaban J connectivity index is 2.09. The Hall–Kier alpha value is -0.600. The molecule has 0 spiro atoms. The standard InChI is InChI=1S/C12H14BrN/c1-2-11-7-8-12(14-11)9-3-5-10(13)6-4-9/h2-6,11-12,14H,1,7-8H2/t11-,12-/m0/s1. The molecule has 1 heterocycles. The lowest BCUT2D eigenvalue weighted by Crippen LogP contribution is -2.21. The molecule has 0 amide bonds. The highest BCUT2D eigenvalue weighted by molar-refractivity contribution is 9.10. The zero-order chi connectivity index (χ0) is 9.97. The minimum Gasteiger partial charge on any atom is -0.304 e. The zero-order valence-electron chi connectivity index (χ0n) is 8.04. The van der Waals surface area contributed by atoms with E-state index >= 15 is 0 Å². The van der Waals surface area contributed by atoms with Gasteiger partial charge in [-0.25, -0.2) is 0 Å². The van der Waals surface area contributed by atoms with Gasteiger partial charge in [-0.2, -0.15) is 0 Å². The summed E-state index contributed by atoms with van der Waals surface area (Å²) in [5.41, 5.74) is 1.37. The third-order valence-electron chi connectivity index (χ3n) is 2.74.